The van der Waals surface area contributed by atoms with Gasteiger partial charge in [0, 0.05) is 37.3 Å². The number of halogens is 1. The van der Waals surface area contributed by atoms with Crippen LogP contribution in [0, 0.1) is 6.92 Å². The Morgan fingerprint density at radius 3 is 2.62 bits per heavy atom. The number of nitrogens with zero attached hydrogens (tertiary/aromatic N) is 5. The monoisotopic (exact) mass is 385 g/mol. The van der Waals surface area contributed by atoms with E-state index in [-0.39, 0.29) is 0 Å². The van der Waals surface area contributed by atoms with Gasteiger partial charge in [-0.15, -0.1) is 11.3 Å². The number of aromatic nitrogens is 3. The van der Waals surface area contributed by atoms with Gasteiger partial charge in [0.15, 0.2) is 0 Å². The number of piperazine rings is 1. The zero-order chi connectivity index (χ0) is 17.7. The molecular formula is C19H20ClN5S. The maximum atomic E-state index is 5.96. The molecule has 5 nitrogen and oxygen atoms in total. The quantitative estimate of drug-likeness (QED) is 0.670. The van der Waals surface area contributed by atoms with Crippen molar-refractivity contribution in [3.8, 4) is 0 Å². The van der Waals surface area contributed by atoms with Crippen molar-refractivity contribution in [2.45, 2.75) is 26.2 Å². The van der Waals surface area contributed by atoms with Gasteiger partial charge in [0.2, 0.25) is 0 Å². The van der Waals surface area contributed by atoms with Crippen LogP contribution in [0.25, 0.3) is 10.2 Å². The second-order valence-corrected chi connectivity index (χ2v) is 8.46. The Hall–Kier alpha value is -1.92. The number of anilines is 2. The van der Waals surface area contributed by atoms with Crippen molar-refractivity contribution in [2.75, 3.05) is 36.0 Å². The van der Waals surface area contributed by atoms with Crippen LogP contribution in [0.2, 0.25) is 5.02 Å². The largest absolute Gasteiger partial charge is 0.353 e. The zero-order valence-corrected chi connectivity index (χ0v) is 16.3. The fourth-order valence-electron chi connectivity index (χ4n) is 4.01. The van der Waals surface area contributed by atoms with Gasteiger partial charge < -0.3 is 9.80 Å². The minimum atomic E-state index is 0.678. The van der Waals surface area contributed by atoms with Crippen LogP contribution in [-0.2, 0) is 12.8 Å². The highest BCUT2D eigenvalue weighted by atomic mass is 35.5. The minimum Gasteiger partial charge on any atom is -0.353 e. The molecule has 0 atom stereocenters. The van der Waals surface area contributed by atoms with E-state index in [1.54, 1.807) is 6.20 Å². The van der Waals surface area contributed by atoms with Crippen molar-refractivity contribution in [1.82, 2.24) is 15.0 Å². The highest BCUT2D eigenvalue weighted by Gasteiger charge is 2.26. The van der Waals surface area contributed by atoms with Gasteiger partial charge in [0.05, 0.1) is 10.4 Å². The van der Waals surface area contributed by atoms with Crippen LogP contribution in [0.1, 0.15) is 22.7 Å². The van der Waals surface area contributed by atoms with Gasteiger partial charge in [-0.05, 0) is 43.9 Å². The number of fused-ring (bicyclic) bond motifs is 3. The third kappa shape index (κ3) is 2.72. The van der Waals surface area contributed by atoms with E-state index < -0.39 is 0 Å². The number of pyridine rings is 1. The van der Waals surface area contributed by atoms with Crippen LogP contribution in [0.4, 0.5) is 11.6 Å². The number of rotatable bonds is 2. The summed E-state index contributed by atoms with van der Waals surface area (Å²) in [5.41, 5.74) is 1.50. The Bertz CT molecular complexity index is 960. The summed E-state index contributed by atoms with van der Waals surface area (Å²) in [5, 5.41) is 1.99. The van der Waals surface area contributed by atoms with Crippen LogP contribution >= 0.6 is 22.9 Å². The fourth-order valence-corrected chi connectivity index (χ4v) is 5.42. The Labute approximate surface area is 161 Å². The van der Waals surface area contributed by atoms with Crippen molar-refractivity contribution >= 4 is 44.8 Å². The topological polar surface area (TPSA) is 45.2 Å². The molecule has 0 bridgehead atoms. The van der Waals surface area contributed by atoms with Gasteiger partial charge in [0.25, 0.3) is 0 Å². The van der Waals surface area contributed by atoms with Gasteiger partial charge in [-0.2, -0.15) is 0 Å². The molecule has 0 saturated carbocycles. The molecule has 5 rings (SSSR count). The Morgan fingerprint density at radius 1 is 1.04 bits per heavy atom. The van der Waals surface area contributed by atoms with Crippen molar-refractivity contribution in [2.24, 2.45) is 0 Å². The molecule has 1 saturated heterocycles. The lowest BCUT2D eigenvalue weighted by Crippen LogP contribution is -2.47. The summed E-state index contributed by atoms with van der Waals surface area (Å²) in [6, 6.07) is 3.90. The molecular weight excluding hydrogens is 366 g/mol. The van der Waals surface area contributed by atoms with Gasteiger partial charge in [-0.1, -0.05) is 11.6 Å². The molecule has 3 aromatic heterocycles. The van der Waals surface area contributed by atoms with E-state index in [2.05, 4.69) is 14.8 Å². The molecule has 0 amide bonds. The third-order valence-electron chi connectivity index (χ3n) is 5.27. The highest BCUT2D eigenvalue weighted by Crippen LogP contribution is 2.40. The first kappa shape index (κ1) is 16.3. The lowest BCUT2D eigenvalue weighted by Gasteiger charge is -2.36. The average Bonchev–Trinajstić information content (AvgIpc) is 3.22. The van der Waals surface area contributed by atoms with E-state index in [1.165, 1.54) is 39.9 Å². The molecule has 4 heterocycles. The summed E-state index contributed by atoms with van der Waals surface area (Å²) in [6.45, 7) is 5.76. The molecule has 3 aromatic rings. The first-order valence-electron chi connectivity index (χ1n) is 9.09. The molecule has 1 aliphatic carbocycles. The predicted octanol–water partition coefficient (Wildman–Crippen LogP) is 3.86. The smallest absolute Gasteiger partial charge is 0.141 e. The van der Waals surface area contributed by atoms with Crippen molar-refractivity contribution < 1.29 is 0 Å². The maximum absolute atomic E-state index is 5.96. The van der Waals surface area contributed by atoms with Crippen molar-refractivity contribution in [3.05, 3.63) is 39.6 Å². The van der Waals surface area contributed by atoms with E-state index in [1.807, 2.05) is 30.4 Å². The lowest BCUT2D eigenvalue weighted by atomic mass is 10.1. The molecule has 2 aliphatic rings. The van der Waals surface area contributed by atoms with Crippen LogP contribution in [0.5, 0.6) is 0 Å². The van der Waals surface area contributed by atoms with Gasteiger partial charge in [-0.3, -0.25) is 0 Å². The molecule has 7 heteroatoms. The standard InChI is InChI=1S/C19H20ClN5S/c1-12-22-18(17-14-3-2-4-15(14)26-19(17)23-12)25-9-7-24(8-10-25)16-6-5-13(20)11-21-16/h5-6,11H,2-4,7-10H2,1H3. The third-order valence-corrected chi connectivity index (χ3v) is 6.68. The van der Waals surface area contributed by atoms with E-state index in [0.29, 0.717) is 5.02 Å². The number of aryl methyl sites for hydroxylation is 3. The van der Waals surface area contributed by atoms with Crippen LogP contribution in [0.3, 0.4) is 0 Å². The number of hydrogen-bond acceptors (Lipinski definition) is 6. The SMILES string of the molecule is Cc1nc(N2CCN(c3ccc(Cl)cn3)CC2)c2c3c(sc2n1)CCC3. The lowest BCUT2D eigenvalue weighted by molar-refractivity contribution is 0.642. The molecule has 1 aliphatic heterocycles. The van der Waals surface area contributed by atoms with Crippen molar-refractivity contribution in [3.63, 3.8) is 0 Å². The minimum absolute atomic E-state index is 0.678. The van der Waals surface area contributed by atoms with Crippen LogP contribution in [-0.4, -0.2) is 41.1 Å². The van der Waals surface area contributed by atoms with Crippen LogP contribution in [0.15, 0.2) is 18.3 Å². The van der Waals surface area contributed by atoms with E-state index in [4.69, 9.17) is 21.6 Å². The second kappa shape index (κ2) is 6.35. The summed E-state index contributed by atoms with van der Waals surface area (Å²) in [6.07, 6.45) is 5.35. The molecule has 1 fully saturated rings. The molecule has 0 aromatic carbocycles. The molecule has 0 unspecified atom stereocenters. The molecule has 26 heavy (non-hydrogen) atoms. The first-order valence-corrected chi connectivity index (χ1v) is 10.3. The maximum Gasteiger partial charge on any atom is 0.141 e. The Morgan fingerprint density at radius 2 is 1.85 bits per heavy atom. The molecule has 0 N–H and O–H groups in total. The Balaban J connectivity index is 1.44. The zero-order valence-electron chi connectivity index (χ0n) is 14.7. The summed E-state index contributed by atoms with van der Waals surface area (Å²) in [5.74, 6) is 3.00. The fraction of sp³-hybridized carbons (Fsp3) is 0.421. The van der Waals surface area contributed by atoms with E-state index in [9.17, 15) is 0 Å². The number of thiophene rings is 1. The van der Waals surface area contributed by atoms with E-state index in [0.717, 1.165) is 43.6 Å². The summed E-state index contributed by atoms with van der Waals surface area (Å²) in [7, 11) is 0. The normalized spacial score (nSPS) is 17.2. The second-order valence-electron chi connectivity index (χ2n) is 6.94. The predicted molar refractivity (Wildman–Crippen MR) is 108 cm³/mol. The van der Waals surface area contributed by atoms with Gasteiger partial charge in [-0.25, -0.2) is 15.0 Å². The molecule has 0 spiro atoms. The van der Waals surface area contributed by atoms with Gasteiger partial charge >= 0.3 is 0 Å². The molecule has 134 valence electrons. The Kier molecular flexibility index (Phi) is 3.98. The summed E-state index contributed by atoms with van der Waals surface area (Å²) < 4.78 is 0. The average molecular weight is 386 g/mol. The van der Waals surface area contributed by atoms with Gasteiger partial charge in [0.1, 0.15) is 22.3 Å². The van der Waals surface area contributed by atoms with E-state index >= 15 is 0 Å². The highest BCUT2D eigenvalue weighted by molar-refractivity contribution is 7.19. The first-order chi connectivity index (χ1) is 12.7. The number of hydrogen-bond donors (Lipinski definition) is 0. The van der Waals surface area contributed by atoms with Crippen LogP contribution < -0.4 is 9.80 Å². The van der Waals surface area contributed by atoms with Crippen molar-refractivity contribution in [1.29, 1.82) is 0 Å². The molecule has 0 radical (unpaired) electrons. The summed E-state index contributed by atoms with van der Waals surface area (Å²) >= 11 is 7.82. The summed E-state index contributed by atoms with van der Waals surface area (Å²) in [4.78, 5) is 21.4.